The Hall–Kier alpha value is -3.88. The zero-order chi connectivity index (χ0) is 22.4. The van der Waals surface area contributed by atoms with E-state index in [0.717, 1.165) is 5.75 Å². The van der Waals surface area contributed by atoms with Gasteiger partial charge in [-0.1, -0.05) is 18.2 Å². The van der Waals surface area contributed by atoms with Crippen molar-refractivity contribution in [2.24, 2.45) is 0 Å². The van der Waals surface area contributed by atoms with Crippen molar-refractivity contribution in [3.8, 4) is 11.6 Å². The number of hydrogen-bond donors (Lipinski definition) is 3. The normalized spacial score (nSPS) is 10.5. The molecule has 0 atom stereocenters. The van der Waals surface area contributed by atoms with Gasteiger partial charge in [0.15, 0.2) is 11.6 Å². The molecule has 0 bridgehead atoms. The molecule has 0 saturated heterocycles. The highest BCUT2D eigenvalue weighted by molar-refractivity contribution is 5.79. The van der Waals surface area contributed by atoms with Crippen LogP contribution in [0.5, 0.6) is 5.75 Å². The number of carbonyl (C=O) groups excluding carboxylic acids is 1. The fraction of sp³-hybridized carbons (Fsp3) is 0.273. The Morgan fingerprint density at radius 3 is 2.68 bits per heavy atom. The second kappa shape index (κ2) is 9.75. The molecule has 0 aliphatic rings. The van der Waals surface area contributed by atoms with Gasteiger partial charge in [0.25, 0.3) is 5.56 Å². The number of aryl methyl sites for hydroxylation is 2. The van der Waals surface area contributed by atoms with Crippen LogP contribution in [0, 0.1) is 13.8 Å². The summed E-state index contributed by atoms with van der Waals surface area (Å²) in [7, 11) is 1.57. The monoisotopic (exact) mass is 422 g/mol. The Balaban J connectivity index is 1.81. The van der Waals surface area contributed by atoms with Gasteiger partial charge < -0.3 is 21.1 Å². The number of nitrogens with two attached hydrogens (primary N) is 1. The molecule has 0 fully saturated rings. The number of hydrogen-bond acceptors (Lipinski definition) is 7. The number of pyridine rings is 1. The molecule has 3 rings (SSSR count). The second-order valence-electron chi connectivity index (χ2n) is 6.97. The number of nitrogens with one attached hydrogen (secondary N) is 2. The Morgan fingerprint density at radius 1 is 1.23 bits per heavy atom. The van der Waals surface area contributed by atoms with E-state index in [0.29, 0.717) is 41.6 Å². The van der Waals surface area contributed by atoms with E-state index < -0.39 is 0 Å². The molecule has 0 radical (unpaired) electrons. The van der Waals surface area contributed by atoms with Crippen molar-refractivity contribution in [1.29, 1.82) is 0 Å². The van der Waals surface area contributed by atoms with E-state index in [9.17, 15) is 9.59 Å². The van der Waals surface area contributed by atoms with E-state index in [1.807, 2.05) is 30.3 Å². The first-order valence-electron chi connectivity index (χ1n) is 9.88. The molecule has 4 N–H and O–H groups in total. The summed E-state index contributed by atoms with van der Waals surface area (Å²) in [4.78, 5) is 33.5. The number of nitrogen functional groups attached to an aromatic ring is 1. The SMILES string of the molecule is CNC(=O)Cc1cc(N)c(-n2c(C)cnc(NCCOc3ccccc3)c2=O)nc1C. The molecule has 0 aliphatic carbocycles. The average molecular weight is 422 g/mol. The van der Waals surface area contributed by atoms with E-state index in [1.54, 1.807) is 33.2 Å². The number of rotatable bonds is 8. The van der Waals surface area contributed by atoms with Crippen LogP contribution in [-0.2, 0) is 11.2 Å². The minimum absolute atomic E-state index is 0.140. The smallest absolute Gasteiger partial charge is 0.299 e. The molecule has 3 aromatic rings. The molecule has 9 nitrogen and oxygen atoms in total. The average Bonchev–Trinajstić information content (AvgIpc) is 2.76. The van der Waals surface area contributed by atoms with Crippen LogP contribution in [0.1, 0.15) is 17.0 Å². The predicted molar refractivity (Wildman–Crippen MR) is 120 cm³/mol. The predicted octanol–water partition coefficient (Wildman–Crippen LogP) is 1.61. The topological polar surface area (TPSA) is 124 Å². The lowest BCUT2D eigenvalue weighted by Crippen LogP contribution is -2.28. The minimum Gasteiger partial charge on any atom is -0.492 e. The van der Waals surface area contributed by atoms with Crippen LogP contribution in [0.25, 0.3) is 5.82 Å². The lowest BCUT2D eigenvalue weighted by molar-refractivity contribution is -0.119. The van der Waals surface area contributed by atoms with Gasteiger partial charge in [-0.05, 0) is 37.6 Å². The summed E-state index contributed by atoms with van der Waals surface area (Å²) in [6.45, 7) is 4.30. The third kappa shape index (κ3) is 5.19. The van der Waals surface area contributed by atoms with Crippen LogP contribution >= 0.6 is 0 Å². The molecule has 1 amide bonds. The van der Waals surface area contributed by atoms with Gasteiger partial charge in [-0.15, -0.1) is 0 Å². The highest BCUT2D eigenvalue weighted by Crippen LogP contribution is 2.20. The summed E-state index contributed by atoms with van der Waals surface area (Å²) < 4.78 is 7.05. The fourth-order valence-electron chi connectivity index (χ4n) is 3.05. The summed E-state index contributed by atoms with van der Waals surface area (Å²) in [5.41, 5.74) is 8.06. The van der Waals surface area contributed by atoms with Gasteiger partial charge in [-0.2, -0.15) is 0 Å². The Kier molecular flexibility index (Phi) is 6.86. The Bertz CT molecular complexity index is 1130. The number of amides is 1. The Morgan fingerprint density at radius 2 is 1.97 bits per heavy atom. The number of carbonyl (C=O) groups is 1. The van der Waals surface area contributed by atoms with Gasteiger partial charge in [0.1, 0.15) is 12.4 Å². The minimum atomic E-state index is -0.364. The van der Waals surface area contributed by atoms with Gasteiger partial charge in [0.05, 0.1) is 18.7 Å². The van der Waals surface area contributed by atoms with Crippen molar-refractivity contribution >= 4 is 17.4 Å². The zero-order valence-electron chi connectivity index (χ0n) is 17.8. The highest BCUT2D eigenvalue weighted by atomic mass is 16.5. The molecule has 0 saturated carbocycles. The molecule has 31 heavy (non-hydrogen) atoms. The molecule has 0 aliphatic heterocycles. The Labute approximate surface area is 180 Å². The number of aromatic nitrogens is 3. The molecular weight excluding hydrogens is 396 g/mol. The number of ether oxygens (including phenoxy) is 1. The van der Waals surface area contributed by atoms with E-state index in [-0.39, 0.29) is 23.7 Å². The maximum absolute atomic E-state index is 13.1. The fourth-order valence-corrected chi connectivity index (χ4v) is 3.05. The van der Waals surface area contributed by atoms with Crippen LogP contribution in [0.2, 0.25) is 0 Å². The first-order chi connectivity index (χ1) is 14.9. The van der Waals surface area contributed by atoms with Gasteiger partial charge in [-0.3, -0.25) is 14.2 Å². The molecule has 1 aromatic carbocycles. The summed E-state index contributed by atoms with van der Waals surface area (Å²) in [5, 5.41) is 5.59. The number of nitrogens with zero attached hydrogens (tertiary/aromatic N) is 3. The first-order valence-corrected chi connectivity index (χ1v) is 9.88. The van der Waals surface area contributed by atoms with Crippen molar-refractivity contribution in [1.82, 2.24) is 19.9 Å². The van der Waals surface area contributed by atoms with Gasteiger partial charge in [0.2, 0.25) is 5.91 Å². The lowest BCUT2D eigenvalue weighted by Gasteiger charge is -2.15. The summed E-state index contributed by atoms with van der Waals surface area (Å²) in [6.07, 6.45) is 1.74. The number of benzene rings is 1. The van der Waals surface area contributed by atoms with E-state index >= 15 is 0 Å². The van der Waals surface area contributed by atoms with Crippen molar-refractivity contribution in [3.63, 3.8) is 0 Å². The molecular formula is C22H26N6O3. The summed E-state index contributed by atoms with van der Waals surface area (Å²) >= 11 is 0. The number of para-hydroxylation sites is 1. The maximum atomic E-state index is 13.1. The van der Waals surface area contributed by atoms with E-state index in [4.69, 9.17) is 10.5 Å². The van der Waals surface area contributed by atoms with Crippen LogP contribution in [0.3, 0.4) is 0 Å². The molecule has 2 heterocycles. The molecule has 2 aromatic heterocycles. The van der Waals surface area contributed by atoms with Crippen molar-refractivity contribution in [3.05, 3.63) is 69.9 Å². The zero-order valence-corrected chi connectivity index (χ0v) is 17.8. The van der Waals surface area contributed by atoms with E-state index in [1.165, 1.54) is 4.57 Å². The number of likely N-dealkylation sites (N-methyl/N-ethyl adjacent to an activating group) is 1. The summed E-state index contributed by atoms with van der Waals surface area (Å²) in [5.74, 6) is 1.10. The van der Waals surface area contributed by atoms with Crippen molar-refractivity contribution in [2.75, 3.05) is 31.2 Å². The van der Waals surface area contributed by atoms with Crippen LogP contribution < -0.4 is 26.7 Å². The third-order valence-corrected chi connectivity index (χ3v) is 4.71. The van der Waals surface area contributed by atoms with Gasteiger partial charge in [0, 0.05) is 24.6 Å². The highest BCUT2D eigenvalue weighted by Gasteiger charge is 2.16. The molecule has 0 spiro atoms. The van der Waals surface area contributed by atoms with Crippen molar-refractivity contribution < 1.29 is 9.53 Å². The van der Waals surface area contributed by atoms with Gasteiger partial charge in [-0.25, -0.2) is 9.97 Å². The quantitative estimate of drug-likeness (QED) is 0.471. The molecule has 0 unspecified atom stereocenters. The standard InChI is InChI=1S/C22H26N6O3/c1-14-13-26-20(25-9-10-31-17-7-5-4-6-8-17)22(30)28(14)21-18(23)11-16(15(2)27-21)12-19(29)24-3/h4-8,11,13H,9-10,12,23H2,1-3H3,(H,24,29)(H,25,26). The second-order valence-corrected chi connectivity index (χ2v) is 6.97. The maximum Gasteiger partial charge on any atom is 0.299 e. The largest absolute Gasteiger partial charge is 0.492 e. The molecule has 9 heteroatoms. The summed E-state index contributed by atoms with van der Waals surface area (Å²) in [6, 6.07) is 11.1. The van der Waals surface area contributed by atoms with Crippen LogP contribution in [-0.4, -0.2) is 40.6 Å². The first kappa shape index (κ1) is 21.8. The lowest BCUT2D eigenvalue weighted by atomic mass is 10.1. The van der Waals surface area contributed by atoms with E-state index in [2.05, 4.69) is 20.6 Å². The van der Waals surface area contributed by atoms with Crippen LogP contribution in [0.15, 0.2) is 47.4 Å². The third-order valence-electron chi connectivity index (χ3n) is 4.71. The van der Waals surface area contributed by atoms with Crippen LogP contribution in [0.4, 0.5) is 11.5 Å². The van der Waals surface area contributed by atoms with Crippen molar-refractivity contribution in [2.45, 2.75) is 20.3 Å². The molecule has 162 valence electrons. The number of anilines is 2. The van der Waals surface area contributed by atoms with Gasteiger partial charge >= 0.3 is 0 Å².